The molecule has 45 heavy (non-hydrogen) atoms. The average molecular weight is 577 g/mol. The molecule has 0 aliphatic rings. The second kappa shape index (κ2) is 10.3. The molecule has 0 aliphatic carbocycles. The van der Waals surface area contributed by atoms with Crippen molar-refractivity contribution in [3.63, 3.8) is 0 Å². The van der Waals surface area contributed by atoms with Crippen LogP contribution >= 0.6 is 0 Å². The largest absolute Gasteiger partial charge is 0.455 e. The Bertz CT molecular complexity index is 2420. The van der Waals surface area contributed by atoms with Gasteiger partial charge in [0.2, 0.25) is 0 Å². The minimum Gasteiger partial charge on any atom is -0.455 e. The van der Waals surface area contributed by atoms with E-state index >= 15 is 0 Å². The van der Waals surface area contributed by atoms with E-state index in [1.165, 1.54) is 16.3 Å². The summed E-state index contributed by atoms with van der Waals surface area (Å²) in [5.41, 5.74) is 9.80. The lowest BCUT2D eigenvalue weighted by atomic mass is 9.94. The van der Waals surface area contributed by atoms with E-state index in [-0.39, 0.29) is 0 Å². The first-order valence-electron chi connectivity index (χ1n) is 15.3. The molecule has 0 amide bonds. The van der Waals surface area contributed by atoms with Crippen molar-refractivity contribution in [2.75, 3.05) is 4.90 Å². The van der Waals surface area contributed by atoms with Crippen LogP contribution in [0.2, 0.25) is 0 Å². The number of benzene rings is 7. The van der Waals surface area contributed by atoms with Crippen molar-refractivity contribution < 1.29 is 4.42 Å². The van der Waals surface area contributed by atoms with Gasteiger partial charge in [0, 0.05) is 50.5 Å². The van der Waals surface area contributed by atoms with E-state index in [1.807, 2.05) is 6.07 Å². The number of hydrogen-bond donors (Lipinski definition) is 0. The van der Waals surface area contributed by atoms with Gasteiger partial charge in [0.1, 0.15) is 11.2 Å². The van der Waals surface area contributed by atoms with E-state index in [9.17, 15) is 0 Å². The van der Waals surface area contributed by atoms with E-state index in [4.69, 9.17) is 4.42 Å². The highest BCUT2D eigenvalue weighted by Crippen LogP contribution is 2.43. The van der Waals surface area contributed by atoms with Crippen molar-refractivity contribution in [2.24, 2.45) is 0 Å². The first-order valence-corrected chi connectivity index (χ1v) is 15.3. The van der Waals surface area contributed by atoms with Crippen LogP contribution in [0.5, 0.6) is 0 Å². The van der Waals surface area contributed by atoms with Gasteiger partial charge in [-0.25, -0.2) is 0 Å². The molecule has 2 aromatic heterocycles. The van der Waals surface area contributed by atoms with Crippen LogP contribution in [0.3, 0.4) is 0 Å². The summed E-state index contributed by atoms with van der Waals surface area (Å²) in [5.74, 6) is 0. The minimum absolute atomic E-state index is 0.910. The van der Waals surface area contributed by atoms with Crippen LogP contribution in [0.1, 0.15) is 0 Å². The maximum Gasteiger partial charge on any atom is 0.143 e. The molecular formula is C42H28N2O. The Labute approximate surface area is 260 Å². The number of nitrogens with zero attached hydrogens (tertiary/aromatic N) is 2. The Hall–Kier alpha value is -6.06. The molecule has 0 saturated heterocycles. The van der Waals surface area contributed by atoms with Crippen LogP contribution in [0.4, 0.5) is 17.1 Å². The van der Waals surface area contributed by atoms with Crippen molar-refractivity contribution in [3.05, 3.63) is 170 Å². The Balaban J connectivity index is 1.28. The molecule has 0 saturated carbocycles. The highest BCUT2D eigenvalue weighted by atomic mass is 16.3. The molecule has 212 valence electrons. The quantitative estimate of drug-likeness (QED) is 0.203. The van der Waals surface area contributed by atoms with Crippen LogP contribution in [0, 0.1) is 0 Å². The van der Waals surface area contributed by atoms with E-state index < -0.39 is 0 Å². The van der Waals surface area contributed by atoms with Crippen LogP contribution in [0.25, 0.3) is 60.4 Å². The molecule has 2 heterocycles. The molecular weight excluding hydrogens is 548 g/mol. The van der Waals surface area contributed by atoms with E-state index in [1.54, 1.807) is 0 Å². The number of para-hydroxylation sites is 4. The lowest BCUT2D eigenvalue weighted by Gasteiger charge is -2.25. The van der Waals surface area contributed by atoms with Gasteiger partial charge >= 0.3 is 0 Å². The SMILES string of the molecule is c1ccc(N(c2ccccc2)c2ccc(-c3cc4c(ccn4-c4ccccc4)c4c3ccc3c5ccccc5oc34)cc2)cc1. The van der Waals surface area contributed by atoms with Crippen LogP contribution in [0.15, 0.2) is 174 Å². The van der Waals surface area contributed by atoms with Gasteiger partial charge in [0.15, 0.2) is 0 Å². The molecule has 0 spiro atoms. The number of aromatic nitrogens is 1. The summed E-state index contributed by atoms with van der Waals surface area (Å²) in [4.78, 5) is 2.30. The van der Waals surface area contributed by atoms with Gasteiger partial charge in [-0.3, -0.25) is 0 Å². The van der Waals surface area contributed by atoms with E-state index in [0.717, 1.165) is 61.2 Å². The van der Waals surface area contributed by atoms with Gasteiger partial charge in [0.25, 0.3) is 0 Å². The predicted molar refractivity (Wildman–Crippen MR) is 188 cm³/mol. The topological polar surface area (TPSA) is 21.3 Å². The molecule has 0 atom stereocenters. The third-order valence-electron chi connectivity index (χ3n) is 8.81. The van der Waals surface area contributed by atoms with Crippen molar-refractivity contribution in [1.29, 1.82) is 0 Å². The van der Waals surface area contributed by atoms with Gasteiger partial charge < -0.3 is 13.9 Å². The summed E-state index contributed by atoms with van der Waals surface area (Å²) >= 11 is 0. The van der Waals surface area contributed by atoms with Gasteiger partial charge in [-0.05, 0) is 89.3 Å². The Morgan fingerprint density at radius 1 is 0.467 bits per heavy atom. The number of furan rings is 1. The smallest absolute Gasteiger partial charge is 0.143 e. The molecule has 0 unspecified atom stereocenters. The highest BCUT2D eigenvalue weighted by molar-refractivity contribution is 6.25. The Kier molecular flexibility index (Phi) is 5.82. The number of fused-ring (bicyclic) bond motifs is 7. The molecule has 7 aromatic carbocycles. The lowest BCUT2D eigenvalue weighted by Crippen LogP contribution is -2.09. The standard InChI is InChI=1S/C42H28N2O/c1-4-12-30(13-5-1)43-27-26-37-39(43)28-38(35-24-25-36-34-18-10-11-19-40(34)45-42(36)41(35)37)29-20-22-33(23-21-29)44(31-14-6-2-7-15-31)32-16-8-3-9-17-32/h1-28H. The normalized spacial score (nSPS) is 11.6. The van der Waals surface area contributed by atoms with Crippen molar-refractivity contribution >= 4 is 60.7 Å². The summed E-state index contributed by atoms with van der Waals surface area (Å²) in [7, 11) is 0. The zero-order chi connectivity index (χ0) is 29.7. The summed E-state index contributed by atoms with van der Waals surface area (Å²) in [5, 5.41) is 5.78. The molecule has 0 radical (unpaired) electrons. The number of anilines is 3. The van der Waals surface area contributed by atoms with Gasteiger partial charge in [-0.15, -0.1) is 0 Å². The highest BCUT2D eigenvalue weighted by Gasteiger charge is 2.19. The Morgan fingerprint density at radius 2 is 1.07 bits per heavy atom. The van der Waals surface area contributed by atoms with E-state index in [0.29, 0.717) is 0 Å². The average Bonchev–Trinajstić information content (AvgIpc) is 3.71. The minimum atomic E-state index is 0.910. The zero-order valence-corrected chi connectivity index (χ0v) is 24.5. The third kappa shape index (κ3) is 4.13. The van der Waals surface area contributed by atoms with Crippen LogP contribution < -0.4 is 4.90 Å². The van der Waals surface area contributed by atoms with Crippen molar-refractivity contribution in [3.8, 4) is 16.8 Å². The maximum absolute atomic E-state index is 6.61. The summed E-state index contributed by atoms with van der Waals surface area (Å²) in [6.07, 6.45) is 2.17. The second-order valence-electron chi connectivity index (χ2n) is 11.4. The summed E-state index contributed by atoms with van der Waals surface area (Å²) in [6.45, 7) is 0. The van der Waals surface area contributed by atoms with Gasteiger partial charge in [-0.1, -0.05) is 91.0 Å². The summed E-state index contributed by atoms with van der Waals surface area (Å²) < 4.78 is 8.89. The fourth-order valence-corrected chi connectivity index (χ4v) is 6.74. The predicted octanol–water partition coefficient (Wildman–Crippen LogP) is 11.8. The van der Waals surface area contributed by atoms with Crippen molar-refractivity contribution in [1.82, 2.24) is 4.57 Å². The summed E-state index contributed by atoms with van der Waals surface area (Å²) in [6, 6.07) is 57.9. The van der Waals surface area contributed by atoms with Gasteiger partial charge in [0.05, 0.1) is 5.52 Å². The molecule has 9 aromatic rings. The van der Waals surface area contributed by atoms with Crippen LogP contribution in [-0.4, -0.2) is 4.57 Å². The fourth-order valence-electron chi connectivity index (χ4n) is 6.74. The number of rotatable bonds is 5. The molecule has 0 fully saturated rings. The molecule has 0 aliphatic heterocycles. The third-order valence-corrected chi connectivity index (χ3v) is 8.81. The monoisotopic (exact) mass is 576 g/mol. The first-order chi connectivity index (χ1) is 22.3. The van der Waals surface area contributed by atoms with Crippen molar-refractivity contribution in [2.45, 2.75) is 0 Å². The zero-order valence-electron chi connectivity index (χ0n) is 24.5. The van der Waals surface area contributed by atoms with E-state index in [2.05, 4.69) is 173 Å². The molecule has 9 rings (SSSR count). The maximum atomic E-state index is 6.61. The molecule has 3 nitrogen and oxygen atoms in total. The second-order valence-corrected chi connectivity index (χ2v) is 11.4. The first kappa shape index (κ1) is 25.4. The van der Waals surface area contributed by atoms with Crippen LogP contribution in [-0.2, 0) is 0 Å². The fraction of sp³-hybridized carbons (Fsp3) is 0. The molecule has 0 N–H and O–H groups in total. The molecule has 3 heteroatoms. The van der Waals surface area contributed by atoms with Gasteiger partial charge in [-0.2, -0.15) is 0 Å². The Morgan fingerprint density at radius 3 is 1.78 bits per heavy atom. The lowest BCUT2D eigenvalue weighted by molar-refractivity contribution is 0.673. The molecule has 0 bridgehead atoms. The number of hydrogen-bond acceptors (Lipinski definition) is 2.